The number of hydrogen-bond acceptors (Lipinski definition) is 8. The van der Waals surface area contributed by atoms with Crippen LogP contribution in [0.5, 0.6) is 5.75 Å². The normalized spacial score (nSPS) is 12.4. The number of aldehydes is 1. The van der Waals surface area contributed by atoms with Gasteiger partial charge in [-0.3, -0.25) is 0 Å². The minimum atomic E-state index is -0.899. The second-order valence-corrected chi connectivity index (χ2v) is 10.6. The van der Waals surface area contributed by atoms with Gasteiger partial charge in [0.15, 0.2) is 5.82 Å². The Morgan fingerprint density at radius 1 is 0.974 bits per heavy atom. The second kappa shape index (κ2) is 11.5. The predicted molar refractivity (Wildman–Crippen MR) is 147 cm³/mol. The lowest BCUT2D eigenvalue weighted by Crippen LogP contribution is -2.44. The van der Waals surface area contributed by atoms with E-state index in [1.807, 2.05) is 37.3 Å². The van der Waals surface area contributed by atoms with E-state index in [9.17, 15) is 14.4 Å². The van der Waals surface area contributed by atoms with E-state index in [0.717, 1.165) is 16.7 Å². The highest BCUT2D eigenvalue weighted by Gasteiger charge is 2.34. The van der Waals surface area contributed by atoms with E-state index in [1.165, 1.54) is 6.20 Å². The van der Waals surface area contributed by atoms with E-state index < -0.39 is 29.4 Å². The number of imide groups is 1. The van der Waals surface area contributed by atoms with Crippen molar-refractivity contribution in [1.29, 1.82) is 0 Å². The van der Waals surface area contributed by atoms with Crippen molar-refractivity contribution < 1.29 is 28.6 Å². The van der Waals surface area contributed by atoms with Crippen LogP contribution in [0.4, 0.5) is 21.1 Å². The van der Waals surface area contributed by atoms with E-state index in [2.05, 4.69) is 10.3 Å². The summed E-state index contributed by atoms with van der Waals surface area (Å²) in [5.41, 5.74) is -0.276. The van der Waals surface area contributed by atoms with E-state index in [1.54, 1.807) is 59.7 Å². The molecule has 1 N–H and O–H groups in total. The Morgan fingerprint density at radius 2 is 1.63 bits per heavy atom. The minimum Gasteiger partial charge on any atom is -0.494 e. The van der Waals surface area contributed by atoms with Crippen molar-refractivity contribution in [3.05, 3.63) is 60.3 Å². The number of nitrogens with one attached hydrogen (secondary N) is 1. The number of fused-ring (bicyclic) bond motifs is 1. The molecule has 1 heterocycles. The fraction of sp³-hybridized carbons (Fsp3) is 0.379. The Bertz CT molecular complexity index is 1280. The zero-order chi connectivity index (χ0) is 28.1. The molecule has 1 unspecified atom stereocenters. The highest BCUT2D eigenvalue weighted by molar-refractivity contribution is 6.14. The molecule has 1 aromatic heterocycles. The average Bonchev–Trinajstić information content (AvgIpc) is 2.80. The summed E-state index contributed by atoms with van der Waals surface area (Å²) in [7, 11) is 0. The first kappa shape index (κ1) is 28.4. The molecule has 0 aliphatic carbocycles. The first-order valence-corrected chi connectivity index (χ1v) is 12.4. The highest BCUT2D eigenvalue weighted by Crippen LogP contribution is 2.31. The number of carbonyl (C=O) groups excluding carboxylic acids is 3. The molecule has 0 saturated heterocycles. The number of rotatable bonds is 7. The quantitative estimate of drug-likeness (QED) is 0.344. The minimum absolute atomic E-state index is 0.0777. The first-order valence-electron chi connectivity index (χ1n) is 12.4. The molecule has 0 aliphatic heterocycles. The van der Waals surface area contributed by atoms with Crippen LogP contribution in [0, 0.1) is 0 Å². The van der Waals surface area contributed by atoms with Gasteiger partial charge in [0.2, 0.25) is 0 Å². The van der Waals surface area contributed by atoms with Gasteiger partial charge in [0, 0.05) is 17.3 Å². The summed E-state index contributed by atoms with van der Waals surface area (Å²) in [6.07, 6.45) is 0.514. The zero-order valence-electron chi connectivity index (χ0n) is 22.9. The maximum absolute atomic E-state index is 13.1. The topological polar surface area (TPSA) is 107 Å². The fourth-order valence-corrected chi connectivity index (χ4v) is 3.63. The van der Waals surface area contributed by atoms with Crippen LogP contribution in [0.15, 0.2) is 54.7 Å². The maximum Gasteiger partial charge on any atom is 0.425 e. The number of anilines is 2. The van der Waals surface area contributed by atoms with Gasteiger partial charge in [0.25, 0.3) is 0 Å². The Labute approximate surface area is 223 Å². The van der Waals surface area contributed by atoms with Crippen molar-refractivity contribution in [3.63, 3.8) is 0 Å². The van der Waals surface area contributed by atoms with Crippen LogP contribution in [-0.2, 0) is 14.3 Å². The summed E-state index contributed by atoms with van der Waals surface area (Å²) < 4.78 is 16.5. The molecule has 38 heavy (non-hydrogen) atoms. The SMILES string of the molecule is CCOc1cccc(C(C=O)Nc2ccc3c(N(C(=O)OC(C)(C)C)C(=O)OC(C)(C)C)nccc3c2)c1. The van der Waals surface area contributed by atoms with E-state index in [0.29, 0.717) is 28.8 Å². The third-order valence-corrected chi connectivity index (χ3v) is 5.09. The molecule has 0 bridgehead atoms. The molecule has 9 nitrogen and oxygen atoms in total. The van der Waals surface area contributed by atoms with Gasteiger partial charge in [0.05, 0.1) is 6.61 Å². The number of hydrogen-bond donors (Lipinski definition) is 1. The number of aromatic nitrogens is 1. The van der Waals surface area contributed by atoms with Crippen molar-refractivity contribution in [2.75, 3.05) is 16.8 Å². The molecular formula is C29H35N3O6. The van der Waals surface area contributed by atoms with Gasteiger partial charge in [0.1, 0.15) is 29.3 Å². The van der Waals surface area contributed by atoms with Crippen molar-refractivity contribution in [2.24, 2.45) is 0 Å². The monoisotopic (exact) mass is 521 g/mol. The summed E-state index contributed by atoms with van der Waals surface area (Å²) in [5, 5.41) is 4.43. The molecule has 0 saturated carbocycles. The maximum atomic E-state index is 13.1. The van der Waals surface area contributed by atoms with Crippen LogP contribution >= 0.6 is 0 Å². The van der Waals surface area contributed by atoms with Gasteiger partial charge in [-0.1, -0.05) is 12.1 Å². The molecule has 9 heteroatoms. The highest BCUT2D eigenvalue weighted by atomic mass is 16.6. The lowest BCUT2D eigenvalue weighted by atomic mass is 10.1. The molecule has 0 aliphatic rings. The Morgan fingerprint density at radius 3 is 2.21 bits per heavy atom. The van der Waals surface area contributed by atoms with Gasteiger partial charge in [-0.25, -0.2) is 14.6 Å². The summed E-state index contributed by atoms with van der Waals surface area (Å²) in [6.45, 7) is 12.7. The van der Waals surface area contributed by atoms with Gasteiger partial charge in [-0.2, -0.15) is 4.90 Å². The van der Waals surface area contributed by atoms with Gasteiger partial charge >= 0.3 is 12.2 Å². The summed E-state index contributed by atoms with van der Waals surface area (Å²) in [4.78, 5) is 43.3. The third kappa shape index (κ3) is 7.44. The predicted octanol–water partition coefficient (Wildman–Crippen LogP) is 6.66. The Balaban J connectivity index is 1.99. The molecular weight excluding hydrogens is 486 g/mol. The van der Waals surface area contributed by atoms with Crippen LogP contribution in [-0.4, -0.2) is 41.3 Å². The third-order valence-electron chi connectivity index (χ3n) is 5.09. The van der Waals surface area contributed by atoms with E-state index >= 15 is 0 Å². The molecule has 3 rings (SSSR count). The molecule has 1 atom stereocenters. The number of pyridine rings is 1. The van der Waals surface area contributed by atoms with Crippen molar-refractivity contribution in [1.82, 2.24) is 4.98 Å². The lowest BCUT2D eigenvalue weighted by molar-refractivity contribution is -0.108. The second-order valence-electron chi connectivity index (χ2n) is 10.6. The molecule has 0 spiro atoms. The Hall–Kier alpha value is -4.14. The molecule has 0 radical (unpaired) electrons. The first-order chi connectivity index (χ1) is 17.8. The van der Waals surface area contributed by atoms with Crippen LogP contribution in [0.3, 0.4) is 0 Å². The van der Waals surface area contributed by atoms with Crippen LogP contribution in [0.2, 0.25) is 0 Å². The van der Waals surface area contributed by atoms with Crippen LogP contribution in [0.1, 0.15) is 60.1 Å². The number of nitrogens with zero attached hydrogens (tertiary/aromatic N) is 2. The van der Waals surface area contributed by atoms with E-state index in [-0.39, 0.29) is 5.82 Å². The number of benzene rings is 2. The van der Waals surface area contributed by atoms with Crippen LogP contribution < -0.4 is 15.0 Å². The average molecular weight is 522 g/mol. The largest absolute Gasteiger partial charge is 0.494 e. The van der Waals surface area contributed by atoms with Gasteiger partial charge in [-0.05, 0) is 95.8 Å². The summed E-state index contributed by atoms with van der Waals surface area (Å²) in [5.74, 6) is 0.756. The van der Waals surface area contributed by atoms with Gasteiger partial charge in [-0.15, -0.1) is 0 Å². The van der Waals surface area contributed by atoms with Crippen LogP contribution in [0.25, 0.3) is 10.8 Å². The standard InChI is InChI=1S/C29H35N3O6/c1-8-36-22-11-9-10-20(17-22)24(18-33)31-21-12-13-23-19(16-21)14-15-30-25(23)32(26(34)37-28(2,3)4)27(35)38-29(5,6)7/h9-18,24,31H,8H2,1-7H3. The smallest absolute Gasteiger partial charge is 0.425 e. The van der Waals surface area contributed by atoms with Gasteiger partial charge < -0.3 is 24.3 Å². The molecule has 202 valence electrons. The Kier molecular flexibility index (Phi) is 8.60. The van der Waals surface area contributed by atoms with E-state index in [4.69, 9.17) is 14.2 Å². The zero-order valence-corrected chi connectivity index (χ0v) is 22.9. The van der Waals surface area contributed by atoms with Crippen molar-refractivity contribution >= 4 is 40.8 Å². The fourth-order valence-electron chi connectivity index (χ4n) is 3.63. The van der Waals surface area contributed by atoms with Crippen molar-refractivity contribution in [3.8, 4) is 5.75 Å². The summed E-state index contributed by atoms with van der Waals surface area (Å²) >= 11 is 0. The summed E-state index contributed by atoms with van der Waals surface area (Å²) in [6, 6.07) is 13.7. The molecule has 2 aromatic carbocycles. The number of amides is 2. The molecule has 3 aromatic rings. The lowest BCUT2D eigenvalue weighted by Gasteiger charge is -2.28. The number of ether oxygens (including phenoxy) is 3. The number of carbonyl (C=O) groups is 3. The molecule has 0 fully saturated rings. The van der Waals surface area contributed by atoms with Crippen molar-refractivity contribution in [2.45, 2.75) is 65.7 Å². The molecule has 2 amide bonds.